The van der Waals surface area contributed by atoms with Gasteiger partial charge in [-0.15, -0.1) is 0 Å². The van der Waals surface area contributed by atoms with Crippen LogP contribution in [0.3, 0.4) is 0 Å². The Hall–Kier alpha value is -2.92. The molecule has 0 unspecified atom stereocenters. The monoisotopic (exact) mass is 388 g/mol. The molecule has 2 aromatic carbocycles. The Morgan fingerprint density at radius 2 is 1.79 bits per heavy atom. The van der Waals surface area contributed by atoms with Gasteiger partial charge in [0.2, 0.25) is 0 Å². The Labute approximate surface area is 172 Å². The lowest BCUT2D eigenvalue weighted by Gasteiger charge is -2.26. The third-order valence-electron chi connectivity index (χ3n) is 5.79. The number of carbonyl (C=O) groups excluding carboxylic acids is 1. The van der Waals surface area contributed by atoms with Crippen molar-refractivity contribution >= 4 is 11.6 Å². The topological polar surface area (TPSA) is 50.2 Å². The van der Waals surface area contributed by atoms with Crippen LogP contribution in [0.15, 0.2) is 54.7 Å². The second kappa shape index (κ2) is 8.62. The molecule has 3 aromatic rings. The van der Waals surface area contributed by atoms with E-state index in [1.807, 2.05) is 55.1 Å². The molecule has 0 radical (unpaired) electrons. The molecule has 29 heavy (non-hydrogen) atoms. The van der Waals surface area contributed by atoms with E-state index in [0.717, 1.165) is 47.7 Å². The van der Waals surface area contributed by atoms with E-state index >= 15 is 0 Å². The van der Waals surface area contributed by atoms with Gasteiger partial charge >= 0.3 is 0 Å². The summed E-state index contributed by atoms with van der Waals surface area (Å²) in [5.74, 6) is 0.271. The van der Waals surface area contributed by atoms with E-state index in [4.69, 9.17) is 0 Å². The molecular weight excluding hydrogens is 360 g/mol. The highest BCUT2D eigenvalue weighted by atomic mass is 16.2. The first-order chi connectivity index (χ1) is 14.1. The first-order valence-electron chi connectivity index (χ1n) is 10.3. The minimum absolute atomic E-state index is 0.175. The summed E-state index contributed by atoms with van der Waals surface area (Å²) < 4.78 is 1.92. The largest absolute Gasteiger partial charge is 0.326 e. The number of hydrogen-bond acceptors (Lipinski definition) is 3. The molecule has 5 nitrogen and oxygen atoms in total. The Morgan fingerprint density at radius 3 is 2.55 bits per heavy atom. The van der Waals surface area contributed by atoms with Gasteiger partial charge in [0.15, 0.2) is 5.82 Å². The highest BCUT2D eigenvalue weighted by Crippen LogP contribution is 2.28. The number of piperidine rings is 1. The van der Waals surface area contributed by atoms with Crippen LogP contribution >= 0.6 is 0 Å². The molecule has 2 heterocycles. The Balaban J connectivity index is 1.51. The number of imidazole rings is 1. The van der Waals surface area contributed by atoms with Crippen LogP contribution in [0.2, 0.25) is 0 Å². The summed E-state index contributed by atoms with van der Waals surface area (Å²) in [5.41, 5.74) is 5.20. The fraction of sp³-hybridized carbons (Fsp3) is 0.333. The zero-order chi connectivity index (χ0) is 20.2. The van der Waals surface area contributed by atoms with E-state index in [1.165, 1.54) is 19.3 Å². The van der Waals surface area contributed by atoms with Crippen LogP contribution in [0, 0.1) is 6.92 Å². The summed E-state index contributed by atoms with van der Waals surface area (Å²) in [5, 5.41) is 3.06. The molecule has 4 rings (SSSR count). The van der Waals surface area contributed by atoms with E-state index in [0.29, 0.717) is 5.82 Å². The minimum Gasteiger partial charge on any atom is -0.326 e. The van der Waals surface area contributed by atoms with Gasteiger partial charge in [-0.3, -0.25) is 9.69 Å². The first kappa shape index (κ1) is 19.4. The van der Waals surface area contributed by atoms with Crippen molar-refractivity contribution in [2.75, 3.05) is 18.4 Å². The van der Waals surface area contributed by atoms with Gasteiger partial charge in [-0.2, -0.15) is 0 Å². The lowest BCUT2D eigenvalue weighted by atomic mass is 9.99. The van der Waals surface area contributed by atoms with E-state index in [9.17, 15) is 4.79 Å². The van der Waals surface area contributed by atoms with Gasteiger partial charge in [0.05, 0.1) is 11.9 Å². The van der Waals surface area contributed by atoms with Gasteiger partial charge in [0.25, 0.3) is 5.91 Å². The van der Waals surface area contributed by atoms with Crippen molar-refractivity contribution < 1.29 is 4.79 Å². The van der Waals surface area contributed by atoms with E-state index in [1.54, 1.807) is 0 Å². The molecule has 0 atom stereocenters. The van der Waals surface area contributed by atoms with Crippen molar-refractivity contribution in [3.8, 4) is 11.1 Å². The predicted octanol–water partition coefficient (Wildman–Crippen LogP) is 4.63. The fourth-order valence-electron chi connectivity index (χ4n) is 4.03. The molecule has 1 aliphatic heterocycles. The van der Waals surface area contributed by atoms with Gasteiger partial charge in [-0.25, -0.2) is 4.98 Å². The number of amides is 1. The number of rotatable bonds is 5. The van der Waals surface area contributed by atoms with Gasteiger partial charge in [0, 0.05) is 19.3 Å². The van der Waals surface area contributed by atoms with Crippen LogP contribution in [0.4, 0.5) is 5.69 Å². The normalized spacial score (nSPS) is 14.7. The van der Waals surface area contributed by atoms with Crippen LogP contribution < -0.4 is 5.32 Å². The van der Waals surface area contributed by atoms with E-state index in [2.05, 4.69) is 33.4 Å². The molecule has 0 aliphatic carbocycles. The van der Waals surface area contributed by atoms with E-state index in [-0.39, 0.29) is 5.91 Å². The molecule has 0 spiro atoms. The molecule has 5 heteroatoms. The number of benzene rings is 2. The maximum atomic E-state index is 12.9. The smallest absolute Gasteiger partial charge is 0.291 e. The second-order valence-corrected chi connectivity index (χ2v) is 7.77. The zero-order valence-corrected chi connectivity index (χ0v) is 17.2. The lowest BCUT2D eigenvalue weighted by molar-refractivity contribution is 0.101. The molecule has 1 amide bonds. The Bertz CT molecular complexity index is 987. The van der Waals surface area contributed by atoms with Crippen molar-refractivity contribution in [2.24, 2.45) is 7.05 Å². The summed E-state index contributed by atoms with van der Waals surface area (Å²) in [6, 6.07) is 16.2. The highest BCUT2D eigenvalue weighted by Gasteiger charge is 2.18. The van der Waals surface area contributed by atoms with Crippen molar-refractivity contribution in [3.63, 3.8) is 0 Å². The standard InChI is InChI=1S/C24H28N4O/c1-18-21(19-10-5-3-6-11-19)12-9-13-22(18)26-24(29)23-25-16-20(27(23)2)17-28-14-7-4-8-15-28/h3,5-6,9-13,16H,4,7-8,14-15,17H2,1-2H3,(H,26,29). The zero-order valence-electron chi connectivity index (χ0n) is 17.2. The third-order valence-corrected chi connectivity index (χ3v) is 5.79. The summed E-state index contributed by atoms with van der Waals surface area (Å²) >= 11 is 0. The van der Waals surface area contributed by atoms with Gasteiger partial charge in [-0.05, 0) is 55.6 Å². The number of carbonyl (C=O) groups is 1. The first-order valence-corrected chi connectivity index (χ1v) is 10.3. The maximum Gasteiger partial charge on any atom is 0.291 e. The third kappa shape index (κ3) is 4.25. The Kier molecular flexibility index (Phi) is 5.76. The SMILES string of the molecule is Cc1c(NC(=O)c2ncc(CN3CCCCC3)n2C)cccc1-c1ccccc1. The molecule has 1 N–H and O–H groups in total. The van der Waals surface area contributed by atoms with Crippen LogP contribution in [0.1, 0.15) is 41.1 Å². The van der Waals surface area contributed by atoms with Crippen molar-refractivity contribution in [3.05, 3.63) is 71.8 Å². The number of nitrogens with zero attached hydrogens (tertiary/aromatic N) is 3. The molecule has 1 aliphatic rings. The molecule has 150 valence electrons. The van der Waals surface area contributed by atoms with Crippen molar-refractivity contribution in [1.82, 2.24) is 14.5 Å². The van der Waals surface area contributed by atoms with Gasteiger partial charge in [0.1, 0.15) is 0 Å². The average Bonchev–Trinajstić information content (AvgIpc) is 3.11. The fourth-order valence-corrected chi connectivity index (χ4v) is 4.03. The summed E-state index contributed by atoms with van der Waals surface area (Å²) in [4.78, 5) is 19.8. The van der Waals surface area contributed by atoms with Crippen LogP contribution in [0.25, 0.3) is 11.1 Å². The van der Waals surface area contributed by atoms with Crippen molar-refractivity contribution in [2.45, 2.75) is 32.7 Å². The molecule has 1 fully saturated rings. The van der Waals surface area contributed by atoms with Crippen LogP contribution in [-0.2, 0) is 13.6 Å². The van der Waals surface area contributed by atoms with Crippen LogP contribution in [0.5, 0.6) is 0 Å². The number of anilines is 1. The number of aromatic nitrogens is 2. The van der Waals surface area contributed by atoms with E-state index < -0.39 is 0 Å². The number of nitrogens with one attached hydrogen (secondary N) is 1. The predicted molar refractivity (Wildman–Crippen MR) is 117 cm³/mol. The average molecular weight is 389 g/mol. The summed E-state index contributed by atoms with van der Waals surface area (Å²) in [7, 11) is 1.93. The molecule has 0 bridgehead atoms. The molecule has 1 saturated heterocycles. The van der Waals surface area contributed by atoms with Gasteiger partial charge in [-0.1, -0.05) is 48.9 Å². The Morgan fingerprint density at radius 1 is 1.03 bits per heavy atom. The quantitative estimate of drug-likeness (QED) is 0.693. The number of hydrogen-bond donors (Lipinski definition) is 1. The molecular formula is C24H28N4O. The highest BCUT2D eigenvalue weighted by molar-refractivity contribution is 6.02. The molecule has 1 aromatic heterocycles. The summed E-state index contributed by atoms with van der Waals surface area (Å²) in [6.07, 6.45) is 5.65. The maximum absolute atomic E-state index is 12.9. The minimum atomic E-state index is -0.175. The summed E-state index contributed by atoms with van der Waals surface area (Å²) in [6.45, 7) is 5.13. The molecule has 0 saturated carbocycles. The van der Waals surface area contributed by atoms with Crippen molar-refractivity contribution in [1.29, 1.82) is 0 Å². The second-order valence-electron chi connectivity index (χ2n) is 7.77. The number of likely N-dealkylation sites (tertiary alicyclic amines) is 1. The lowest BCUT2D eigenvalue weighted by Crippen LogP contribution is -2.30. The van der Waals surface area contributed by atoms with Crippen LogP contribution in [-0.4, -0.2) is 33.4 Å². The van der Waals surface area contributed by atoms with Gasteiger partial charge < -0.3 is 9.88 Å².